The predicted molar refractivity (Wildman–Crippen MR) is 56.9 cm³/mol. The van der Waals surface area contributed by atoms with E-state index < -0.39 is 0 Å². The molecule has 1 aromatic heterocycles. The van der Waals surface area contributed by atoms with Crippen LogP contribution in [0.25, 0.3) is 0 Å². The summed E-state index contributed by atoms with van der Waals surface area (Å²) in [6.07, 6.45) is 4.77. The normalized spacial score (nSPS) is 14.4. The van der Waals surface area contributed by atoms with Crippen molar-refractivity contribution in [2.45, 2.75) is 27.2 Å². The Hall–Kier alpha value is -0.830. The molecule has 1 N–H and O–H groups in total. The van der Waals surface area contributed by atoms with Gasteiger partial charge in [-0.3, -0.25) is 4.68 Å². The second-order valence-corrected chi connectivity index (χ2v) is 4.97. The van der Waals surface area contributed by atoms with Crippen LogP contribution in [-0.4, -0.2) is 21.5 Å². The zero-order valence-corrected chi connectivity index (χ0v) is 9.49. The van der Waals surface area contributed by atoms with E-state index in [1.807, 2.05) is 19.4 Å². The molecule has 0 bridgehead atoms. The van der Waals surface area contributed by atoms with Gasteiger partial charge in [0.05, 0.1) is 6.20 Å². The van der Waals surface area contributed by atoms with Crippen molar-refractivity contribution in [3.8, 4) is 0 Å². The summed E-state index contributed by atoms with van der Waals surface area (Å²) in [5, 5.41) is 13.4. The van der Waals surface area contributed by atoms with Crippen LogP contribution in [0.3, 0.4) is 0 Å². The molecular formula is C11H20N2O. The van der Waals surface area contributed by atoms with E-state index in [4.69, 9.17) is 0 Å². The quantitative estimate of drug-likeness (QED) is 0.797. The van der Waals surface area contributed by atoms with Gasteiger partial charge in [-0.05, 0) is 23.3 Å². The first-order chi connectivity index (χ1) is 6.43. The van der Waals surface area contributed by atoms with E-state index in [1.165, 1.54) is 5.56 Å². The van der Waals surface area contributed by atoms with Crippen molar-refractivity contribution in [1.29, 1.82) is 0 Å². The molecule has 0 aromatic carbocycles. The molecule has 1 unspecified atom stereocenters. The molecule has 1 aromatic rings. The summed E-state index contributed by atoms with van der Waals surface area (Å²) in [6, 6.07) is 0. The molecule has 1 atom stereocenters. The Morgan fingerprint density at radius 3 is 2.50 bits per heavy atom. The molecule has 0 saturated carbocycles. The summed E-state index contributed by atoms with van der Waals surface area (Å²) in [5.74, 6) is 0.298. The molecule has 80 valence electrons. The first kappa shape index (κ1) is 11.2. The van der Waals surface area contributed by atoms with Crippen molar-refractivity contribution >= 4 is 0 Å². The van der Waals surface area contributed by atoms with Crippen LogP contribution in [0.4, 0.5) is 0 Å². The highest BCUT2D eigenvalue weighted by molar-refractivity contribution is 5.05. The SMILES string of the molecule is Cn1cc(CC(CO)C(C)(C)C)cn1. The zero-order chi connectivity index (χ0) is 10.8. The summed E-state index contributed by atoms with van der Waals surface area (Å²) >= 11 is 0. The predicted octanol–water partition coefficient (Wildman–Crippen LogP) is 1.62. The summed E-state index contributed by atoms with van der Waals surface area (Å²) in [4.78, 5) is 0. The minimum absolute atomic E-state index is 0.143. The van der Waals surface area contributed by atoms with Crippen LogP contribution in [0.1, 0.15) is 26.3 Å². The van der Waals surface area contributed by atoms with Crippen LogP contribution >= 0.6 is 0 Å². The molecule has 0 radical (unpaired) electrons. The van der Waals surface area contributed by atoms with Crippen LogP contribution in [0.5, 0.6) is 0 Å². The first-order valence-corrected chi connectivity index (χ1v) is 5.02. The molecule has 0 saturated heterocycles. The number of aliphatic hydroxyl groups excluding tert-OH is 1. The van der Waals surface area contributed by atoms with Gasteiger partial charge in [-0.15, -0.1) is 0 Å². The summed E-state index contributed by atoms with van der Waals surface area (Å²) in [6.45, 7) is 6.71. The van der Waals surface area contributed by atoms with E-state index in [0.29, 0.717) is 5.92 Å². The maximum Gasteiger partial charge on any atom is 0.0521 e. The lowest BCUT2D eigenvalue weighted by Crippen LogP contribution is -2.25. The van der Waals surface area contributed by atoms with Crippen molar-refractivity contribution in [3.05, 3.63) is 18.0 Å². The van der Waals surface area contributed by atoms with Crippen molar-refractivity contribution in [3.63, 3.8) is 0 Å². The van der Waals surface area contributed by atoms with Gasteiger partial charge in [-0.25, -0.2) is 0 Å². The Morgan fingerprint density at radius 1 is 1.50 bits per heavy atom. The van der Waals surface area contributed by atoms with E-state index in [-0.39, 0.29) is 12.0 Å². The van der Waals surface area contributed by atoms with Gasteiger partial charge in [0.1, 0.15) is 0 Å². The largest absolute Gasteiger partial charge is 0.396 e. The minimum atomic E-state index is 0.143. The van der Waals surface area contributed by atoms with Crippen molar-refractivity contribution in [1.82, 2.24) is 9.78 Å². The monoisotopic (exact) mass is 196 g/mol. The van der Waals surface area contributed by atoms with E-state index in [9.17, 15) is 5.11 Å². The average Bonchev–Trinajstić information content (AvgIpc) is 2.45. The maximum atomic E-state index is 9.30. The number of aryl methyl sites for hydroxylation is 1. The lowest BCUT2D eigenvalue weighted by molar-refractivity contribution is 0.131. The highest BCUT2D eigenvalue weighted by atomic mass is 16.3. The summed E-state index contributed by atoms with van der Waals surface area (Å²) in [5.41, 5.74) is 1.34. The lowest BCUT2D eigenvalue weighted by atomic mass is 9.78. The highest BCUT2D eigenvalue weighted by Crippen LogP contribution is 2.28. The Labute approximate surface area is 85.8 Å². The van der Waals surface area contributed by atoms with Crippen molar-refractivity contribution in [2.75, 3.05) is 6.61 Å². The second-order valence-electron chi connectivity index (χ2n) is 4.97. The Bertz CT molecular complexity index is 286. The molecule has 0 aliphatic heterocycles. The second kappa shape index (κ2) is 4.13. The van der Waals surface area contributed by atoms with Crippen molar-refractivity contribution < 1.29 is 5.11 Å². The fraction of sp³-hybridized carbons (Fsp3) is 0.727. The summed E-state index contributed by atoms with van der Waals surface area (Å²) in [7, 11) is 1.91. The molecule has 14 heavy (non-hydrogen) atoms. The van der Waals surface area contributed by atoms with Crippen LogP contribution in [0.2, 0.25) is 0 Å². The minimum Gasteiger partial charge on any atom is -0.396 e. The van der Waals surface area contributed by atoms with E-state index in [2.05, 4.69) is 25.9 Å². The first-order valence-electron chi connectivity index (χ1n) is 5.02. The van der Waals surface area contributed by atoms with Gasteiger partial charge in [0.25, 0.3) is 0 Å². The number of hydrogen-bond acceptors (Lipinski definition) is 2. The van der Waals surface area contributed by atoms with Gasteiger partial charge in [-0.1, -0.05) is 20.8 Å². The fourth-order valence-corrected chi connectivity index (χ4v) is 1.51. The zero-order valence-electron chi connectivity index (χ0n) is 9.49. The number of nitrogens with zero attached hydrogens (tertiary/aromatic N) is 2. The number of hydrogen-bond donors (Lipinski definition) is 1. The molecule has 3 nitrogen and oxygen atoms in total. The van der Waals surface area contributed by atoms with Gasteiger partial charge in [-0.2, -0.15) is 5.10 Å². The van der Waals surface area contributed by atoms with Gasteiger partial charge in [0.2, 0.25) is 0 Å². The molecular weight excluding hydrogens is 176 g/mol. The third kappa shape index (κ3) is 2.84. The molecule has 0 spiro atoms. The van der Waals surface area contributed by atoms with Crippen LogP contribution in [0.15, 0.2) is 12.4 Å². The maximum absolute atomic E-state index is 9.30. The molecule has 1 rings (SSSR count). The molecule has 1 heterocycles. The Morgan fingerprint density at radius 2 is 2.14 bits per heavy atom. The summed E-state index contributed by atoms with van der Waals surface area (Å²) < 4.78 is 1.80. The molecule has 0 fully saturated rings. The van der Waals surface area contributed by atoms with Crippen LogP contribution in [-0.2, 0) is 13.5 Å². The van der Waals surface area contributed by atoms with E-state index >= 15 is 0 Å². The van der Waals surface area contributed by atoms with E-state index in [0.717, 1.165) is 6.42 Å². The molecule has 0 amide bonds. The van der Waals surface area contributed by atoms with Crippen LogP contribution < -0.4 is 0 Å². The third-order valence-corrected chi connectivity index (χ3v) is 2.69. The number of aliphatic hydroxyl groups is 1. The smallest absolute Gasteiger partial charge is 0.0521 e. The number of rotatable bonds is 3. The molecule has 3 heteroatoms. The molecule has 0 aliphatic rings. The molecule has 0 aliphatic carbocycles. The highest BCUT2D eigenvalue weighted by Gasteiger charge is 2.24. The third-order valence-electron chi connectivity index (χ3n) is 2.69. The van der Waals surface area contributed by atoms with Gasteiger partial charge in [0, 0.05) is 19.9 Å². The average molecular weight is 196 g/mol. The van der Waals surface area contributed by atoms with E-state index in [1.54, 1.807) is 4.68 Å². The Balaban J connectivity index is 2.66. The van der Waals surface area contributed by atoms with Crippen molar-refractivity contribution in [2.24, 2.45) is 18.4 Å². The standard InChI is InChI=1S/C11H20N2O/c1-11(2,3)10(8-14)5-9-6-12-13(4)7-9/h6-7,10,14H,5,8H2,1-4H3. The van der Waals surface area contributed by atoms with Gasteiger partial charge < -0.3 is 5.11 Å². The topological polar surface area (TPSA) is 38.0 Å². The number of aromatic nitrogens is 2. The van der Waals surface area contributed by atoms with Crippen LogP contribution in [0, 0.1) is 11.3 Å². The van der Waals surface area contributed by atoms with Gasteiger partial charge in [0.15, 0.2) is 0 Å². The fourth-order valence-electron chi connectivity index (χ4n) is 1.51. The van der Waals surface area contributed by atoms with Gasteiger partial charge >= 0.3 is 0 Å². The lowest BCUT2D eigenvalue weighted by Gasteiger charge is -2.28. The Kier molecular flexibility index (Phi) is 3.32.